The van der Waals surface area contributed by atoms with Crippen LogP contribution in [0.1, 0.15) is 11.1 Å². The van der Waals surface area contributed by atoms with Gasteiger partial charge in [0.1, 0.15) is 0 Å². The van der Waals surface area contributed by atoms with Crippen LogP contribution in [0.4, 0.5) is 5.69 Å². The molecule has 0 saturated heterocycles. The largest absolute Gasteiger partial charge is 0.398 e. The van der Waals surface area contributed by atoms with Crippen molar-refractivity contribution >= 4 is 28.1 Å². The van der Waals surface area contributed by atoms with Crippen molar-refractivity contribution in [2.24, 2.45) is 0 Å². The van der Waals surface area contributed by atoms with Crippen molar-refractivity contribution in [1.82, 2.24) is 0 Å². The Labute approximate surface area is 123 Å². The van der Waals surface area contributed by atoms with E-state index < -0.39 is 0 Å². The summed E-state index contributed by atoms with van der Waals surface area (Å²) in [5, 5.41) is 3.41. The molecule has 0 fully saturated rings. The molecule has 98 valence electrons. The van der Waals surface area contributed by atoms with Gasteiger partial charge < -0.3 is 5.73 Å². The van der Waals surface area contributed by atoms with E-state index in [0.29, 0.717) is 0 Å². The zero-order valence-corrected chi connectivity index (χ0v) is 11.7. The van der Waals surface area contributed by atoms with Crippen LogP contribution in [0.25, 0.3) is 21.9 Å². The highest BCUT2D eigenvalue weighted by molar-refractivity contribution is 6.31. The first-order chi connectivity index (χ1) is 9.74. The van der Waals surface area contributed by atoms with Gasteiger partial charge in [0.05, 0.1) is 0 Å². The van der Waals surface area contributed by atoms with Crippen molar-refractivity contribution in [2.75, 3.05) is 5.73 Å². The minimum absolute atomic E-state index is 0.720. The fourth-order valence-electron chi connectivity index (χ4n) is 3.24. The van der Waals surface area contributed by atoms with Gasteiger partial charge in [-0.25, -0.2) is 0 Å². The number of hydrogen-bond acceptors (Lipinski definition) is 1. The molecule has 20 heavy (non-hydrogen) atoms. The number of nitrogen functional groups attached to an aromatic ring is 1. The lowest BCUT2D eigenvalue weighted by molar-refractivity contribution is 1.02. The molecule has 0 aliphatic heterocycles. The molecule has 0 radical (unpaired) electrons. The first-order valence-electron chi connectivity index (χ1n) is 6.83. The highest BCUT2D eigenvalue weighted by atomic mass is 35.5. The van der Waals surface area contributed by atoms with Crippen LogP contribution in [0.15, 0.2) is 48.5 Å². The molecule has 2 N–H and O–H groups in total. The molecule has 1 aliphatic rings. The van der Waals surface area contributed by atoms with E-state index in [1.165, 1.54) is 27.5 Å². The molecule has 0 aromatic heterocycles. The zero-order valence-electron chi connectivity index (χ0n) is 11.0. The third kappa shape index (κ3) is 1.63. The lowest BCUT2D eigenvalue weighted by atomic mass is 9.94. The molecule has 2 heteroatoms. The van der Waals surface area contributed by atoms with E-state index >= 15 is 0 Å². The standard InChI is InChI=1S/C18H14ClN/c19-13-7-9-17(20)16(10-13)14-8-6-12-5-4-11-2-1-3-15(14)18(11)12/h1-3,6-10H,4-5,20H2. The molecule has 3 aromatic rings. The molecular weight excluding hydrogens is 266 g/mol. The quantitative estimate of drug-likeness (QED) is 0.634. The molecule has 0 bridgehead atoms. The summed E-state index contributed by atoms with van der Waals surface area (Å²) in [6, 6.07) is 16.6. The second-order valence-electron chi connectivity index (χ2n) is 5.34. The Balaban J connectivity index is 2.09. The fourth-order valence-corrected chi connectivity index (χ4v) is 3.42. The average Bonchev–Trinajstić information content (AvgIpc) is 2.88. The minimum Gasteiger partial charge on any atom is -0.398 e. The van der Waals surface area contributed by atoms with Crippen molar-refractivity contribution in [1.29, 1.82) is 0 Å². The van der Waals surface area contributed by atoms with E-state index in [2.05, 4.69) is 30.3 Å². The van der Waals surface area contributed by atoms with Crippen LogP contribution in [0.5, 0.6) is 0 Å². The van der Waals surface area contributed by atoms with Crippen LogP contribution in [0.2, 0.25) is 5.02 Å². The highest BCUT2D eigenvalue weighted by Gasteiger charge is 2.17. The Kier molecular flexibility index (Phi) is 2.51. The molecule has 0 amide bonds. The van der Waals surface area contributed by atoms with E-state index in [-0.39, 0.29) is 0 Å². The molecule has 1 nitrogen and oxygen atoms in total. The normalized spacial score (nSPS) is 13.1. The maximum Gasteiger partial charge on any atom is 0.0413 e. The Bertz CT molecular complexity index is 826. The van der Waals surface area contributed by atoms with Gasteiger partial charge in [0.2, 0.25) is 0 Å². The number of aryl methyl sites for hydroxylation is 2. The van der Waals surface area contributed by atoms with Crippen LogP contribution in [-0.2, 0) is 12.8 Å². The first kappa shape index (κ1) is 11.8. The average molecular weight is 280 g/mol. The van der Waals surface area contributed by atoms with Gasteiger partial charge in [-0.3, -0.25) is 0 Å². The van der Waals surface area contributed by atoms with Crippen molar-refractivity contribution in [3.63, 3.8) is 0 Å². The fraction of sp³-hybridized carbons (Fsp3) is 0.111. The maximum atomic E-state index is 6.15. The van der Waals surface area contributed by atoms with Crippen LogP contribution >= 0.6 is 11.6 Å². The summed E-state index contributed by atoms with van der Waals surface area (Å²) >= 11 is 6.14. The SMILES string of the molecule is Nc1ccc(Cl)cc1-c1ccc2c3c(cccc13)CC2. The van der Waals surface area contributed by atoms with E-state index in [9.17, 15) is 0 Å². The third-order valence-electron chi connectivity index (χ3n) is 4.18. The van der Waals surface area contributed by atoms with Gasteiger partial charge in [0.15, 0.2) is 0 Å². The first-order valence-corrected chi connectivity index (χ1v) is 7.21. The predicted octanol–water partition coefficient (Wildman–Crippen LogP) is 4.84. The number of anilines is 1. The Hall–Kier alpha value is -1.99. The van der Waals surface area contributed by atoms with E-state index in [1.807, 2.05) is 18.2 Å². The molecule has 0 unspecified atom stereocenters. The second kappa shape index (κ2) is 4.26. The Morgan fingerprint density at radius 3 is 2.50 bits per heavy atom. The molecule has 1 aliphatic carbocycles. The summed E-state index contributed by atoms with van der Waals surface area (Å²) in [6.07, 6.45) is 2.28. The van der Waals surface area contributed by atoms with E-state index in [4.69, 9.17) is 17.3 Å². The molecule has 0 atom stereocenters. The van der Waals surface area contributed by atoms with Crippen LogP contribution < -0.4 is 5.73 Å². The summed E-state index contributed by atoms with van der Waals surface area (Å²) in [7, 11) is 0. The third-order valence-corrected chi connectivity index (χ3v) is 4.42. The van der Waals surface area contributed by atoms with E-state index in [0.717, 1.165) is 29.1 Å². The van der Waals surface area contributed by atoms with Gasteiger partial charge in [0.25, 0.3) is 0 Å². The highest BCUT2D eigenvalue weighted by Crippen LogP contribution is 2.39. The minimum atomic E-state index is 0.720. The number of nitrogens with two attached hydrogens (primary N) is 1. The van der Waals surface area contributed by atoms with Crippen molar-refractivity contribution in [2.45, 2.75) is 12.8 Å². The summed E-state index contributed by atoms with van der Waals surface area (Å²) in [4.78, 5) is 0. The summed E-state index contributed by atoms with van der Waals surface area (Å²) in [6.45, 7) is 0. The van der Waals surface area contributed by atoms with Gasteiger partial charge in [0, 0.05) is 16.3 Å². The van der Waals surface area contributed by atoms with E-state index in [1.54, 1.807) is 0 Å². The van der Waals surface area contributed by atoms with Crippen molar-refractivity contribution < 1.29 is 0 Å². The smallest absolute Gasteiger partial charge is 0.0413 e. The molecule has 0 saturated carbocycles. The molecule has 0 heterocycles. The number of benzene rings is 3. The van der Waals surface area contributed by atoms with Gasteiger partial charge in [-0.2, -0.15) is 0 Å². The van der Waals surface area contributed by atoms with Gasteiger partial charge in [-0.1, -0.05) is 41.9 Å². The number of hydrogen-bond donors (Lipinski definition) is 1. The predicted molar refractivity (Wildman–Crippen MR) is 86.2 cm³/mol. The lowest BCUT2D eigenvalue weighted by Crippen LogP contribution is -1.91. The maximum absolute atomic E-state index is 6.15. The van der Waals surface area contributed by atoms with Gasteiger partial charge in [-0.15, -0.1) is 0 Å². The van der Waals surface area contributed by atoms with Crippen molar-refractivity contribution in [3.05, 3.63) is 64.7 Å². The molecule has 3 aromatic carbocycles. The molecule has 0 spiro atoms. The number of halogens is 1. The lowest BCUT2D eigenvalue weighted by Gasteiger charge is -2.11. The summed E-state index contributed by atoms with van der Waals surface area (Å²) < 4.78 is 0. The summed E-state index contributed by atoms with van der Waals surface area (Å²) in [5.74, 6) is 0. The summed E-state index contributed by atoms with van der Waals surface area (Å²) in [5.41, 5.74) is 12.0. The topological polar surface area (TPSA) is 26.0 Å². The zero-order chi connectivity index (χ0) is 13.7. The molecule has 4 rings (SSSR count). The van der Waals surface area contributed by atoms with Crippen LogP contribution in [0, 0.1) is 0 Å². The molecular formula is C18H14ClN. The van der Waals surface area contributed by atoms with Crippen LogP contribution in [-0.4, -0.2) is 0 Å². The van der Waals surface area contributed by atoms with Gasteiger partial charge >= 0.3 is 0 Å². The van der Waals surface area contributed by atoms with Crippen molar-refractivity contribution in [3.8, 4) is 11.1 Å². The van der Waals surface area contributed by atoms with Gasteiger partial charge in [-0.05, 0) is 58.5 Å². The van der Waals surface area contributed by atoms with Crippen LogP contribution in [0.3, 0.4) is 0 Å². The Morgan fingerprint density at radius 2 is 1.65 bits per heavy atom. The second-order valence-corrected chi connectivity index (χ2v) is 5.78. The Morgan fingerprint density at radius 1 is 0.850 bits per heavy atom. The number of rotatable bonds is 1. The monoisotopic (exact) mass is 279 g/mol.